The standard InChI is InChI=1S/C35H37ClN2O15/c1-17(39)37-23-13-18(7-12-22(23)36)14-48-34-28(42)26(40)31(24(50-34)15-47-32(44)19-5-3-2-4-6-19)53-35-29(43)27(41)30-25(51-35)16-49-33(52-30)20-8-10-21(11-9-20)38(45)46/h2-13,24-31,33-35,40-43H,14-16H2,1H3,(H,37,39). The van der Waals surface area contributed by atoms with E-state index in [2.05, 4.69) is 5.32 Å². The number of non-ortho nitro benzene ring substituents is 1. The van der Waals surface area contributed by atoms with E-state index in [-0.39, 0.29) is 35.4 Å². The van der Waals surface area contributed by atoms with E-state index in [1.54, 1.807) is 36.4 Å². The van der Waals surface area contributed by atoms with Crippen LogP contribution in [0.1, 0.15) is 34.7 Å². The van der Waals surface area contributed by atoms with Crippen molar-refractivity contribution in [3.05, 3.63) is 105 Å². The largest absolute Gasteiger partial charge is 0.459 e. The van der Waals surface area contributed by atoms with Gasteiger partial charge in [0.15, 0.2) is 18.9 Å². The number of hydrogen-bond acceptors (Lipinski definition) is 15. The Labute approximate surface area is 307 Å². The van der Waals surface area contributed by atoms with Crippen molar-refractivity contribution in [2.45, 2.75) is 81.2 Å². The Hall–Kier alpha value is -4.11. The van der Waals surface area contributed by atoms with E-state index in [1.165, 1.54) is 43.3 Å². The maximum Gasteiger partial charge on any atom is 0.338 e. The molecule has 0 spiro atoms. The van der Waals surface area contributed by atoms with Gasteiger partial charge in [0.05, 0.1) is 34.4 Å². The molecule has 3 aliphatic heterocycles. The van der Waals surface area contributed by atoms with Crippen molar-refractivity contribution in [3.63, 3.8) is 0 Å². The van der Waals surface area contributed by atoms with Gasteiger partial charge < -0.3 is 58.9 Å². The van der Waals surface area contributed by atoms with Crippen molar-refractivity contribution in [2.24, 2.45) is 0 Å². The summed E-state index contributed by atoms with van der Waals surface area (Å²) >= 11 is 6.17. The van der Waals surface area contributed by atoms with E-state index in [4.69, 9.17) is 44.8 Å². The lowest BCUT2D eigenvalue weighted by atomic mass is 9.96. The third-order valence-corrected chi connectivity index (χ3v) is 9.11. The van der Waals surface area contributed by atoms with E-state index < -0.39 is 85.2 Å². The molecule has 18 heteroatoms. The molecule has 0 aliphatic carbocycles. The summed E-state index contributed by atoms with van der Waals surface area (Å²) in [5.74, 6) is -1.06. The molecular formula is C35H37ClN2O15. The van der Waals surface area contributed by atoms with Crippen LogP contribution in [0.5, 0.6) is 0 Å². The van der Waals surface area contributed by atoms with E-state index in [9.17, 15) is 40.1 Å². The van der Waals surface area contributed by atoms with Crippen LogP contribution in [0.25, 0.3) is 0 Å². The number of nitrogens with one attached hydrogen (secondary N) is 1. The van der Waals surface area contributed by atoms with Crippen molar-refractivity contribution in [1.82, 2.24) is 0 Å². The average Bonchev–Trinajstić information content (AvgIpc) is 3.15. The third kappa shape index (κ3) is 8.99. The van der Waals surface area contributed by atoms with Gasteiger partial charge in [0.2, 0.25) is 5.91 Å². The number of nitrogens with zero attached hydrogens (tertiary/aromatic N) is 1. The van der Waals surface area contributed by atoms with Crippen LogP contribution < -0.4 is 5.32 Å². The van der Waals surface area contributed by atoms with Gasteiger partial charge in [0.1, 0.15) is 55.4 Å². The number of benzene rings is 3. The molecule has 3 aliphatic rings. The third-order valence-electron chi connectivity index (χ3n) is 8.79. The summed E-state index contributed by atoms with van der Waals surface area (Å²) in [5, 5.41) is 58.6. The summed E-state index contributed by atoms with van der Waals surface area (Å²) in [6.45, 7) is 0.505. The summed E-state index contributed by atoms with van der Waals surface area (Å²) in [4.78, 5) is 34.9. The molecule has 5 N–H and O–H groups in total. The van der Waals surface area contributed by atoms with E-state index >= 15 is 0 Å². The molecule has 3 heterocycles. The average molecular weight is 761 g/mol. The van der Waals surface area contributed by atoms with Gasteiger partial charge in [-0.3, -0.25) is 14.9 Å². The SMILES string of the molecule is CC(=O)Nc1cc(COC2OC(COC(=O)c3ccccc3)C(OC3OC4COC(c5ccc([N+](=O)[O-])cc5)OC4C(O)C3O)C(O)C2O)ccc1Cl. The van der Waals surface area contributed by atoms with Gasteiger partial charge in [0, 0.05) is 24.6 Å². The number of rotatable bonds is 11. The predicted octanol–water partition coefficient (Wildman–Crippen LogP) is 1.97. The van der Waals surface area contributed by atoms with Gasteiger partial charge in [-0.2, -0.15) is 0 Å². The van der Waals surface area contributed by atoms with Gasteiger partial charge in [-0.15, -0.1) is 0 Å². The van der Waals surface area contributed by atoms with E-state index in [0.29, 0.717) is 16.8 Å². The lowest BCUT2D eigenvalue weighted by Gasteiger charge is -2.48. The van der Waals surface area contributed by atoms with Crippen molar-refractivity contribution >= 4 is 34.9 Å². The monoisotopic (exact) mass is 760 g/mol. The van der Waals surface area contributed by atoms with Crippen LogP contribution >= 0.6 is 11.6 Å². The molecule has 284 valence electrons. The van der Waals surface area contributed by atoms with Crippen molar-refractivity contribution in [2.75, 3.05) is 18.5 Å². The molecule has 0 aromatic heterocycles. The first-order valence-corrected chi connectivity index (χ1v) is 16.9. The van der Waals surface area contributed by atoms with Crippen LogP contribution in [0.3, 0.4) is 0 Å². The first-order chi connectivity index (χ1) is 25.4. The lowest BCUT2D eigenvalue weighted by molar-refractivity contribution is -0.386. The predicted molar refractivity (Wildman–Crippen MR) is 180 cm³/mol. The second kappa shape index (κ2) is 16.9. The fourth-order valence-electron chi connectivity index (χ4n) is 6.05. The second-order valence-electron chi connectivity index (χ2n) is 12.5. The number of aliphatic hydroxyl groups is 4. The Morgan fingerprint density at radius 3 is 2.34 bits per heavy atom. The highest BCUT2D eigenvalue weighted by Gasteiger charge is 2.53. The zero-order valence-electron chi connectivity index (χ0n) is 28.0. The van der Waals surface area contributed by atoms with Crippen LogP contribution in [-0.2, 0) is 44.6 Å². The Kier molecular flexibility index (Phi) is 12.3. The molecule has 11 atom stereocenters. The molecule has 3 aromatic rings. The second-order valence-corrected chi connectivity index (χ2v) is 12.9. The number of aliphatic hydroxyl groups excluding tert-OH is 4. The molecule has 1 amide bonds. The number of esters is 1. The van der Waals surface area contributed by atoms with Gasteiger partial charge in [-0.1, -0.05) is 35.9 Å². The van der Waals surface area contributed by atoms with Gasteiger partial charge in [-0.25, -0.2) is 4.79 Å². The number of fused-ring (bicyclic) bond motifs is 1. The summed E-state index contributed by atoms with van der Waals surface area (Å²) in [7, 11) is 0. The maximum absolute atomic E-state index is 12.8. The normalized spacial score (nSPS) is 31.2. The molecule has 0 saturated carbocycles. The van der Waals surface area contributed by atoms with Crippen molar-refractivity contribution < 1.29 is 68.1 Å². The Morgan fingerprint density at radius 2 is 1.64 bits per heavy atom. The van der Waals surface area contributed by atoms with Crippen LogP contribution in [0, 0.1) is 10.1 Å². The highest BCUT2D eigenvalue weighted by atomic mass is 35.5. The highest BCUT2D eigenvalue weighted by Crippen LogP contribution is 2.37. The zero-order chi connectivity index (χ0) is 37.8. The first kappa shape index (κ1) is 38.6. The van der Waals surface area contributed by atoms with E-state index in [0.717, 1.165) is 0 Å². The first-order valence-electron chi connectivity index (χ1n) is 16.5. The van der Waals surface area contributed by atoms with E-state index in [1.807, 2.05) is 0 Å². The zero-order valence-corrected chi connectivity index (χ0v) is 28.8. The van der Waals surface area contributed by atoms with Crippen LogP contribution in [0.4, 0.5) is 11.4 Å². The number of halogens is 1. The molecule has 3 fully saturated rings. The number of carbonyl (C=O) groups excluding carboxylic acids is 2. The summed E-state index contributed by atoms with van der Waals surface area (Å²) in [6, 6.07) is 18.2. The smallest absolute Gasteiger partial charge is 0.338 e. The molecule has 3 saturated heterocycles. The molecule has 3 aromatic carbocycles. The van der Waals surface area contributed by atoms with Gasteiger partial charge in [0.25, 0.3) is 5.69 Å². The van der Waals surface area contributed by atoms with Crippen LogP contribution in [-0.4, -0.2) is 112 Å². The molecular weight excluding hydrogens is 724 g/mol. The van der Waals surface area contributed by atoms with Crippen LogP contribution in [0.15, 0.2) is 72.8 Å². The highest BCUT2D eigenvalue weighted by molar-refractivity contribution is 6.33. The molecule has 53 heavy (non-hydrogen) atoms. The Balaban J connectivity index is 1.15. The minimum absolute atomic E-state index is 0.136. The molecule has 17 nitrogen and oxygen atoms in total. The number of nitro benzene ring substituents is 1. The Morgan fingerprint density at radius 1 is 0.925 bits per heavy atom. The minimum atomic E-state index is -1.76. The fraction of sp³-hybridized carbons (Fsp3) is 0.429. The molecule has 0 radical (unpaired) electrons. The summed E-state index contributed by atoms with van der Waals surface area (Å²) < 4.78 is 40.8. The summed E-state index contributed by atoms with van der Waals surface area (Å²) in [5.41, 5.74) is 1.39. The van der Waals surface area contributed by atoms with Crippen LogP contribution in [0.2, 0.25) is 5.02 Å². The number of carbonyl (C=O) groups is 2. The molecule has 0 bridgehead atoms. The number of anilines is 1. The quantitative estimate of drug-likeness (QED) is 0.107. The number of ether oxygens (including phenoxy) is 7. The lowest BCUT2D eigenvalue weighted by Crippen LogP contribution is -2.66. The maximum atomic E-state index is 12.8. The van der Waals surface area contributed by atoms with Gasteiger partial charge in [-0.05, 0) is 42.0 Å². The van der Waals surface area contributed by atoms with Gasteiger partial charge >= 0.3 is 5.97 Å². The van der Waals surface area contributed by atoms with Crippen molar-refractivity contribution in [3.8, 4) is 0 Å². The Bertz CT molecular complexity index is 1750. The van der Waals surface area contributed by atoms with Crippen molar-refractivity contribution in [1.29, 1.82) is 0 Å². The summed E-state index contributed by atoms with van der Waals surface area (Å²) in [6.07, 6.45) is -15.9. The fourth-order valence-corrected chi connectivity index (χ4v) is 6.22. The topological polar surface area (TPSA) is 235 Å². The molecule has 6 rings (SSSR count). The number of nitro groups is 1. The number of hydrogen-bond donors (Lipinski definition) is 5. The number of amides is 1. The molecule has 11 unspecified atom stereocenters. The minimum Gasteiger partial charge on any atom is -0.459 e.